The molecule has 1 aliphatic rings. The van der Waals surface area contributed by atoms with Crippen molar-refractivity contribution in [3.63, 3.8) is 0 Å². The molecule has 0 saturated carbocycles. The van der Waals surface area contributed by atoms with E-state index in [4.69, 9.17) is 4.74 Å². The third kappa shape index (κ3) is 2.05. The molecule has 0 N–H and O–H groups in total. The van der Waals surface area contributed by atoms with E-state index in [0.29, 0.717) is 5.56 Å². The zero-order chi connectivity index (χ0) is 14.4. The van der Waals surface area contributed by atoms with Crippen LogP contribution in [-0.2, 0) is 14.3 Å². The van der Waals surface area contributed by atoms with Crippen molar-refractivity contribution in [1.82, 2.24) is 0 Å². The van der Waals surface area contributed by atoms with Gasteiger partial charge < -0.3 is 4.74 Å². The van der Waals surface area contributed by atoms with Crippen LogP contribution in [0.15, 0.2) is 24.3 Å². The Balaban J connectivity index is 2.45. The molecule has 1 aliphatic heterocycles. The quantitative estimate of drug-likeness (QED) is 0.578. The Morgan fingerprint density at radius 3 is 2.11 bits per heavy atom. The van der Waals surface area contributed by atoms with Crippen LogP contribution in [0.3, 0.4) is 0 Å². The lowest BCUT2D eigenvalue weighted by Crippen LogP contribution is -2.52. The van der Waals surface area contributed by atoms with Crippen molar-refractivity contribution in [3.05, 3.63) is 35.6 Å². The maximum atomic E-state index is 12.9. The molecule has 0 radical (unpaired) electrons. The predicted octanol–water partition coefficient (Wildman–Crippen LogP) is 3.05. The van der Waals surface area contributed by atoms with Crippen molar-refractivity contribution in [2.24, 2.45) is 10.8 Å². The molecule has 0 bridgehead atoms. The first-order valence-corrected chi connectivity index (χ1v) is 6.19. The maximum Gasteiger partial charge on any atom is 0.319 e. The predicted molar refractivity (Wildman–Crippen MR) is 67.8 cm³/mol. The van der Waals surface area contributed by atoms with Crippen molar-refractivity contribution < 1.29 is 18.7 Å². The SMILES string of the molecule is CC1(C)C(=O)OC(c2ccc(F)cc2)C(C)(C)C1=O. The third-order valence-electron chi connectivity index (χ3n) is 3.72. The molecule has 1 aromatic rings. The van der Waals surface area contributed by atoms with Gasteiger partial charge in [-0.2, -0.15) is 0 Å². The molecule has 0 spiro atoms. The highest BCUT2D eigenvalue weighted by Gasteiger charge is 2.55. The Bertz CT molecular complexity index is 529. The molecule has 1 atom stereocenters. The highest BCUT2D eigenvalue weighted by Crippen LogP contribution is 2.47. The van der Waals surface area contributed by atoms with E-state index < -0.39 is 22.9 Å². The van der Waals surface area contributed by atoms with Crippen LogP contribution in [-0.4, -0.2) is 11.8 Å². The van der Waals surface area contributed by atoms with E-state index in [1.807, 2.05) is 0 Å². The Morgan fingerprint density at radius 1 is 1.05 bits per heavy atom. The molecule has 102 valence electrons. The van der Waals surface area contributed by atoms with Gasteiger partial charge in [0.15, 0.2) is 5.78 Å². The van der Waals surface area contributed by atoms with E-state index in [0.717, 1.165) is 0 Å². The van der Waals surface area contributed by atoms with Gasteiger partial charge in [0.25, 0.3) is 0 Å². The number of esters is 1. The van der Waals surface area contributed by atoms with Crippen molar-refractivity contribution >= 4 is 11.8 Å². The number of hydrogen-bond acceptors (Lipinski definition) is 3. The fourth-order valence-corrected chi connectivity index (χ4v) is 2.54. The molecule has 0 aromatic heterocycles. The Kier molecular flexibility index (Phi) is 3.00. The van der Waals surface area contributed by atoms with Crippen LogP contribution in [0.25, 0.3) is 0 Å². The lowest BCUT2D eigenvalue weighted by Gasteiger charge is -2.43. The monoisotopic (exact) mass is 264 g/mol. The number of ether oxygens (including phenoxy) is 1. The number of halogens is 1. The van der Waals surface area contributed by atoms with Crippen molar-refractivity contribution in [2.75, 3.05) is 0 Å². The van der Waals surface area contributed by atoms with E-state index in [1.54, 1.807) is 39.8 Å². The van der Waals surface area contributed by atoms with Gasteiger partial charge in [-0.25, -0.2) is 4.39 Å². The molecule has 1 fully saturated rings. The molecular formula is C15H17FO3. The molecule has 3 nitrogen and oxygen atoms in total. The van der Waals surface area contributed by atoms with Crippen LogP contribution in [0.1, 0.15) is 39.4 Å². The molecule has 1 unspecified atom stereocenters. The van der Waals surface area contributed by atoms with Crippen molar-refractivity contribution in [3.8, 4) is 0 Å². The standard InChI is InChI=1S/C15H17FO3/c1-14(2)11(9-5-7-10(16)8-6-9)19-13(18)15(3,4)12(14)17/h5-8,11H,1-4H3. The smallest absolute Gasteiger partial charge is 0.319 e. The zero-order valence-corrected chi connectivity index (χ0v) is 11.5. The zero-order valence-electron chi connectivity index (χ0n) is 11.5. The number of rotatable bonds is 1. The second-order valence-corrected chi connectivity index (χ2v) is 6.01. The summed E-state index contributed by atoms with van der Waals surface area (Å²) in [6.45, 7) is 6.63. The summed E-state index contributed by atoms with van der Waals surface area (Å²) in [5.74, 6) is -1.06. The van der Waals surface area contributed by atoms with Crippen LogP contribution in [0.4, 0.5) is 4.39 Å². The van der Waals surface area contributed by atoms with Crippen LogP contribution >= 0.6 is 0 Å². The molecule has 4 heteroatoms. The molecule has 1 saturated heterocycles. The van der Waals surface area contributed by atoms with Gasteiger partial charge in [0.1, 0.15) is 17.3 Å². The normalized spacial score (nSPS) is 25.0. The van der Waals surface area contributed by atoms with Gasteiger partial charge in [-0.3, -0.25) is 9.59 Å². The van der Waals surface area contributed by atoms with Gasteiger partial charge in [0.2, 0.25) is 0 Å². The van der Waals surface area contributed by atoms with Gasteiger partial charge >= 0.3 is 5.97 Å². The fraction of sp³-hybridized carbons (Fsp3) is 0.467. The first-order valence-electron chi connectivity index (χ1n) is 6.19. The van der Waals surface area contributed by atoms with Crippen LogP contribution in [0.5, 0.6) is 0 Å². The molecule has 19 heavy (non-hydrogen) atoms. The van der Waals surface area contributed by atoms with Gasteiger partial charge in [-0.15, -0.1) is 0 Å². The third-order valence-corrected chi connectivity index (χ3v) is 3.72. The summed E-state index contributed by atoms with van der Waals surface area (Å²) < 4.78 is 18.4. The average Bonchev–Trinajstić information content (AvgIpc) is 2.34. The Labute approximate surface area is 111 Å². The maximum absolute atomic E-state index is 12.9. The number of ketones is 1. The Hall–Kier alpha value is -1.71. The van der Waals surface area contributed by atoms with Crippen LogP contribution in [0, 0.1) is 16.6 Å². The second kappa shape index (κ2) is 4.15. The summed E-state index contributed by atoms with van der Waals surface area (Å²) >= 11 is 0. The molecular weight excluding hydrogens is 247 g/mol. The van der Waals surface area contributed by atoms with E-state index in [9.17, 15) is 14.0 Å². The van der Waals surface area contributed by atoms with Crippen LogP contribution < -0.4 is 0 Å². The molecule has 1 aromatic carbocycles. The number of carbonyl (C=O) groups excluding carboxylic acids is 2. The summed E-state index contributed by atoms with van der Waals surface area (Å²) in [5.41, 5.74) is -1.35. The topological polar surface area (TPSA) is 43.4 Å². The lowest BCUT2D eigenvalue weighted by atomic mass is 9.67. The number of hydrogen-bond donors (Lipinski definition) is 0. The minimum atomic E-state index is -1.14. The minimum absolute atomic E-state index is 0.162. The number of Topliss-reactive ketones (excluding diaryl/α,β-unsaturated/α-hetero) is 1. The molecule has 2 rings (SSSR count). The first-order chi connectivity index (χ1) is 8.67. The largest absolute Gasteiger partial charge is 0.456 e. The van der Waals surface area contributed by atoms with E-state index in [-0.39, 0.29) is 11.6 Å². The molecule has 0 amide bonds. The number of benzene rings is 1. The summed E-state index contributed by atoms with van der Waals surface area (Å²) in [7, 11) is 0. The van der Waals surface area contributed by atoms with Crippen molar-refractivity contribution in [1.29, 1.82) is 0 Å². The van der Waals surface area contributed by atoms with E-state index in [2.05, 4.69) is 0 Å². The summed E-state index contributed by atoms with van der Waals surface area (Å²) in [6.07, 6.45) is -0.680. The van der Waals surface area contributed by atoms with Crippen molar-refractivity contribution in [2.45, 2.75) is 33.8 Å². The van der Waals surface area contributed by atoms with Gasteiger partial charge in [-0.1, -0.05) is 12.1 Å². The van der Waals surface area contributed by atoms with Gasteiger partial charge in [0, 0.05) is 0 Å². The average molecular weight is 264 g/mol. The number of carbonyl (C=O) groups is 2. The van der Waals surface area contributed by atoms with E-state index >= 15 is 0 Å². The molecule has 0 aliphatic carbocycles. The number of cyclic esters (lactones) is 1. The lowest BCUT2D eigenvalue weighted by molar-refractivity contribution is -0.186. The van der Waals surface area contributed by atoms with E-state index in [1.165, 1.54) is 12.1 Å². The van der Waals surface area contributed by atoms with Gasteiger partial charge in [-0.05, 0) is 45.4 Å². The summed E-state index contributed by atoms with van der Waals surface area (Å²) in [5, 5.41) is 0. The van der Waals surface area contributed by atoms with Crippen LogP contribution in [0.2, 0.25) is 0 Å². The molecule has 1 heterocycles. The Morgan fingerprint density at radius 2 is 1.58 bits per heavy atom. The first kappa shape index (κ1) is 13.7. The van der Waals surface area contributed by atoms with Gasteiger partial charge in [0.05, 0.1) is 5.41 Å². The minimum Gasteiger partial charge on any atom is -0.456 e. The highest BCUT2D eigenvalue weighted by atomic mass is 19.1. The fourth-order valence-electron chi connectivity index (χ4n) is 2.54. The highest BCUT2D eigenvalue weighted by molar-refractivity contribution is 6.07. The summed E-state index contributed by atoms with van der Waals surface area (Å²) in [6, 6.07) is 5.67. The summed E-state index contributed by atoms with van der Waals surface area (Å²) in [4.78, 5) is 24.4. The second-order valence-electron chi connectivity index (χ2n) is 6.01.